The molecular formula is C32H42N2O8. The first-order valence-corrected chi connectivity index (χ1v) is 14.2. The molecule has 0 heterocycles. The van der Waals surface area contributed by atoms with Crippen LogP contribution in [0.25, 0.3) is 0 Å². The van der Waals surface area contributed by atoms with Gasteiger partial charge < -0.3 is 29.6 Å². The Morgan fingerprint density at radius 3 is 1.74 bits per heavy atom. The molecule has 42 heavy (non-hydrogen) atoms. The molecule has 10 nitrogen and oxygen atoms in total. The summed E-state index contributed by atoms with van der Waals surface area (Å²) in [7, 11) is 0. The Balaban J connectivity index is 1.42. The van der Waals surface area contributed by atoms with E-state index < -0.39 is 36.3 Å². The molecule has 0 aromatic heterocycles. The molecule has 0 aliphatic heterocycles. The molecule has 1 fully saturated rings. The van der Waals surface area contributed by atoms with Crippen molar-refractivity contribution in [3.05, 3.63) is 71.8 Å². The molecule has 1 saturated carbocycles. The number of carbonyl (C=O) groups is 4. The third-order valence-electron chi connectivity index (χ3n) is 6.96. The molecule has 3 rings (SSSR count). The van der Waals surface area contributed by atoms with Crippen molar-refractivity contribution < 1.29 is 38.1 Å². The molecule has 10 heteroatoms. The number of carbonyl (C=O) groups excluding carboxylic acids is 4. The lowest BCUT2D eigenvalue weighted by atomic mass is 9.62. The first-order chi connectivity index (χ1) is 19.8. The highest BCUT2D eigenvalue weighted by Gasteiger charge is 2.42. The van der Waals surface area contributed by atoms with Gasteiger partial charge in [0.05, 0.1) is 11.1 Å². The van der Waals surface area contributed by atoms with Gasteiger partial charge >= 0.3 is 24.1 Å². The Morgan fingerprint density at radius 2 is 1.24 bits per heavy atom. The summed E-state index contributed by atoms with van der Waals surface area (Å²) in [4.78, 5) is 49.4. The largest absolute Gasteiger partial charge is 0.458 e. The number of rotatable bonds is 11. The zero-order chi connectivity index (χ0) is 30.8. The molecule has 0 saturated heterocycles. The monoisotopic (exact) mass is 582 g/mol. The fraction of sp³-hybridized carbons (Fsp3) is 0.500. The zero-order valence-corrected chi connectivity index (χ0v) is 25.0. The average molecular weight is 583 g/mol. The van der Waals surface area contributed by atoms with Crippen LogP contribution in [0.15, 0.2) is 60.7 Å². The van der Waals surface area contributed by atoms with Crippen molar-refractivity contribution in [2.24, 2.45) is 10.8 Å². The van der Waals surface area contributed by atoms with Crippen LogP contribution in [0, 0.1) is 10.8 Å². The van der Waals surface area contributed by atoms with Crippen LogP contribution in [0.4, 0.5) is 9.59 Å². The van der Waals surface area contributed by atoms with Crippen molar-refractivity contribution >= 4 is 24.1 Å². The van der Waals surface area contributed by atoms with Gasteiger partial charge in [0, 0.05) is 12.6 Å². The maximum Gasteiger partial charge on any atom is 0.407 e. The maximum absolute atomic E-state index is 12.6. The van der Waals surface area contributed by atoms with Crippen LogP contribution >= 0.6 is 0 Å². The third kappa shape index (κ3) is 10.7. The normalized spacial score (nSPS) is 20.7. The topological polar surface area (TPSA) is 129 Å². The summed E-state index contributed by atoms with van der Waals surface area (Å²) in [5.74, 6) is -0.965. The van der Waals surface area contributed by atoms with Gasteiger partial charge in [-0.2, -0.15) is 0 Å². The van der Waals surface area contributed by atoms with E-state index in [1.54, 1.807) is 74.5 Å². The quantitative estimate of drug-likeness (QED) is 0.262. The van der Waals surface area contributed by atoms with E-state index in [4.69, 9.17) is 18.9 Å². The molecule has 2 N–H and O–H groups in total. The van der Waals surface area contributed by atoms with E-state index in [9.17, 15) is 19.2 Å². The van der Waals surface area contributed by atoms with E-state index in [0.717, 1.165) is 12.8 Å². The highest BCUT2D eigenvalue weighted by Crippen LogP contribution is 2.45. The van der Waals surface area contributed by atoms with Crippen LogP contribution in [-0.2, 0) is 18.9 Å². The second-order valence-electron chi connectivity index (χ2n) is 12.1. The van der Waals surface area contributed by atoms with Crippen LogP contribution in [0.5, 0.6) is 0 Å². The number of esters is 2. The van der Waals surface area contributed by atoms with Crippen molar-refractivity contribution in [1.82, 2.24) is 10.6 Å². The predicted molar refractivity (Wildman–Crippen MR) is 156 cm³/mol. The number of nitrogens with one attached hydrogen (secondary N) is 2. The van der Waals surface area contributed by atoms with Crippen LogP contribution in [-0.4, -0.2) is 62.1 Å². The first-order valence-electron chi connectivity index (χ1n) is 14.2. The summed E-state index contributed by atoms with van der Waals surface area (Å²) in [5.41, 5.74) is 0.427. The summed E-state index contributed by atoms with van der Waals surface area (Å²) in [5, 5.41) is 5.78. The number of alkyl carbamates (subject to hydrolysis) is 2. The molecule has 0 spiro atoms. The summed E-state index contributed by atoms with van der Waals surface area (Å²) >= 11 is 0. The van der Waals surface area contributed by atoms with Crippen LogP contribution in [0.1, 0.15) is 74.6 Å². The lowest BCUT2D eigenvalue weighted by Crippen LogP contribution is -2.51. The van der Waals surface area contributed by atoms with Gasteiger partial charge in [-0.3, -0.25) is 0 Å². The van der Waals surface area contributed by atoms with E-state index in [2.05, 4.69) is 31.4 Å². The van der Waals surface area contributed by atoms with E-state index in [-0.39, 0.29) is 30.1 Å². The molecule has 0 radical (unpaired) electrons. The summed E-state index contributed by atoms with van der Waals surface area (Å²) in [6, 6.07) is 17.0. The van der Waals surface area contributed by atoms with Gasteiger partial charge in [0.2, 0.25) is 0 Å². The number of hydrogen-bond acceptors (Lipinski definition) is 8. The molecule has 2 aromatic carbocycles. The summed E-state index contributed by atoms with van der Waals surface area (Å²) in [6.45, 7) is 9.82. The molecule has 2 aromatic rings. The molecular weight excluding hydrogens is 540 g/mol. The van der Waals surface area contributed by atoms with Gasteiger partial charge in [0.15, 0.2) is 0 Å². The number of benzene rings is 2. The minimum atomic E-state index is -0.633. The highest BCUT2D eigenvalue weighted by molar-refractivity contribution is 5.89. The van der Waals surface area contributed by atoms with Gasteiger partial charge in [-0.25, -0.2) is 19.2 Å². The fourth-order valence-corrected chi connectivity index (χ4v) is 5.53. The van der Waals surface area contributed by atoms with Crippen LogP contribution in [0.2, 0.25) is 0 Å². The van der Waals surface area contributed by atoms with Crippen molar-refractivity contribution in [2.45, 2.75) is 72.1 Å². The minimum absolute atomic E-state index is 0.0646. The maximum atomic E-state index is 12.6. The smallest absolute Gasteiger partial charge is 0.407 e. The summed E-state index contributed by atoms with van der Waals surface area (Å²) in [6.07, 6.45) is -0.280. The van der Waals surface area contributed by atoms with E-state index >= 15 is 0 Å². The third-order valence-corrected chi connectivity index (χ3v) is 6.96. The standard InChI is InChI=1S/C32H42N2O8/c1-22(18-39-27(35)24-12-8-6-9-13-24)41-29(37)33-21-32(5)17-26(16-31(3,4)20-32)34-30(38)42-23(2)19-40-28(36)25-14-10-7-11-15-25/h6-15,22-23,26H,16-21H2,1-5H3,(H,33,37)(H,34,38). The average Bonchev–Trinajstić information content (AvgIpc) is 2.93. The van der Waals surface area contributed by atoms with E-state index in [0.29, 0.717) is 24.1 Å². The Kier molecular flexibility index (Phi) is 11.4. The Morgan fingerprint density at radius 1 is 0.762 bits per heavy atom. The van der Waals surface area contributed by atoms with E-state index in [1.165, 1.54) is 0 Å². The van der Waals surface area contributed by atoms with Gasteiger partial charge in [0.25, 0.3) is 0 Å². The lowest BCUT2D eigenvalue weighted by Gasteiger charge is -2.46. The molecule has 1 aliphatic carbocycles. The molecule has 1 aliphatic rings. The van der Waals surface area contributed by atoms with Gasteiger partial charge in [-0.15, -0.1) is 0 Å². The number of amides is 2. The van der Waals surface area contributed by atoms with Crippen molar-refractivity contribution in [1.29, 1.82) is 0 Å². The molecule has 4 atom stereocenters. The number of hydrogen-bond donors (Lipinski definition) is 2. The molecule has 4 unspecified atom stereocenters. The zero-order valence-electron chi connectivity index (χ0n) is 25.0. The van der Waals surface area contributed by atoms with Crippen LogP contribution < -0.4 is 10.6 Å². The Hall–Kier alpha value is -4.08. The first kappa shape index (κ1) is 32.4. The minimum Gasteiger partial charge on any atom is -0.458 e. The molecule has 0 bridgehead atoms. The van der Waals surface area contributed by atoms with Gasteiger partial charge in [-0.05, 0) is 68.2 Å². The van der Waals surface area contributed by atoms with Crippen LogP contribution in [0.3, 0.4) is 0 Å². The molecule has 228 valence electrons. The van der Waals surface area contributed by atoms with Gasteiger partial charge in [-0.1, -0.05) is 57.2 Å². The SMILES string of the molecule is CC(COC(=O)c1ccccc1)OC(=O)NCC1(C)CC(NC(=O)OC(C)COC(=O)c2ccccc2)CC(C)(C)C1. The molecule has 2 amide bonds. The Labute approximate surface area is 247 Å². The second-order valence-corrected chi connectivity index (χ2v) is 12.1. The van der Waals surface area contributed by atoms with Crippen molar-refractivity contribution in [2.75, 3.05) is 19.8 Å². The number of ether oxygens (including phenoxy) is 4. The summed E-state index contributed by atoms with van der Waals surface area (Å²) < 4.78 is 21.3. The predicted octanol–water partition coefficient (Wildman–Crippen LogP) is 5.51. The van der Waals surface area contributed by atoms with Crippen molar-refractivity contribution in [3.8, 4) is 0 Å². The lowest BCUT2D eigenvalue weighted by molar-refractivity contribution is 0.0163. The highest BCUT2D eigenvalue weighted by atomic mass is 16.6. The Bertz CT molecular complexity index is 1200. The van der Waals surface area contributed by atoms with E-state index in [1.807, 2.05) is 0 Å². The van der Waals surface area contributed by atoms with Crippen molar-refractivity contribution in [3.63, 3.8) is 0 Å². The second kappa shape index (κ2) is 14.7. The fourth-order valence-electron chi connectivity index (χ4n) is 5.53. The van der Waals surface area contributed by atoms with Gasteiger partial charge in [0.1, 0.15) is 25.4 Å².